The molecule has 0 saturated heterocycles. The van der Waals surface area contributed by atoms with Crippen LogP contribution in [0.1, 0.15) is 18.1 Å². The number of rotatable bonds is 6. The molecule has 0 saturated carbocycles. The lowest BCUT2D eigenvalue weighted by Gasteiger charge is -2.08. The average Bonchev–Trinajstić information content (AvgIpc) is 3.07. The summed E-state index contributed by atoms with van der Waals surface area (Å²) in [6.07, 6.45) is 1.64. The minimum atomic E-state index is -0.261. The number of hydrazone groups is 1. The summed E-state index contributed by atoms with van der Waals surface area (Å²) >= 11 is 3.26. The lowest BCUT2D eigenvalue weighted by atomic mass is 10.1. The standard InChI is InChI=1S/C18H17BrN2O5/c1-2-24-16-7-12(5-13(19)18(16)23)9-20-21-17(22)8-11-3-4-14-15(6-11)26-10-25-14/h3-7,9,23H,2,8,10H2,1H3,(H,21,22)/b20-9-. The van der Waals surface area contributed by atoms with Crippen molar-refractivity contribution >= 4 is 28.1 Å². The Bertz CT molecular complexity index is 854. The first kappa shape index (κ1) is 18.1. The first-order valence-electron chi connectivity index (χ1n) is 7.92. The molecule has 26 heavy (non-hydrogen) atoms. The number of hydrogen-bond acceptors (Lipinski definition) is 6. The number of phenolic OH excluding ortho intramolecular Hbond substituents is 1. The molecule has 3 rings (SSSR count). The van der Waals surface area contributed by atoms with Crippen LogP contribution < -0.4 is 19.6 Å². The van der Waals surface area contributed by atoms with Gasteiger partial charge in [-0.1, -0.05) is 6.07 Å². The summed E-state index contributed by atoms with van der Waals surface area (Å²) in [6, 6.07) is 8.67. The topological polar surface area (TPSA) is 89.4 Å². The van der Waals surface area contributed by atoms with Crippen molar-refractivity contribution in [3.05, 3.63) is 45.9 Å². The second-order valence-corrected chi connectivity index (χ2v) is 6.29. The van der Waals surface area contributed by atoms with Gasteiger partial charge in [-0.2, -0.15) is 5.10 Å². The molecule has 0 spiro atoms. The average molecular weight is 421 g/mol. The maximum Gasteiger partial charge on any atom is 0.244 e. The molecular formula is C18H17BrN2O5. The van der Waals surface area contributed by atoms with E-state index in [1.54, 1.807) is 24.3 Å². The number of nitrogens with one attached hydrogen (secondary N) is 1. The highest BCUT2D eigenvalue weighted by Crippen LogP contribution is 2.35. The molecule has 1 aliphatic rings. The van der Waals surface area contributed by atoms with Crippen LogP contribution in [0.2, 0.25) is 0 Å². The van der Waals surface area contributed by atoms with E-state index in [2.05, 4.69) is 26.5 Å². The highest BCUT2D eigenvalue weighted by atomic mass is 79.9. The number of phenols is 1. The van der Waals surface area contributed by atoms with Gasteiger partial charge in [-0.05, 0) is 58.2 Å². The van der Waals surface area contributed by atoms with Gasteiger partial charge in [0.15, 0.2) is 23.0 Å². The Morgan fingerprint density at radius 2 is 2.15 bits per heavy atom. The molecule has 1 amide bonds. The molecule has 0 fully saturated rings. The zero-order valence-electron chi connectivity index (χ0n) is 14.0. The van der Waals surface area contributed by atoms with E-state index in [0.717, 1.165) is 5.56 Å². The fourth-order valence-corrected chi connectivity index (χ4v) is 2.85. The van der Waals surface area contributed by atoms with Crippen molar-refractivity contribution in [3.63, 3.8) is 0 Å². The van der Waals surface area contributed by atoms with Crippen molar-refractivity contribution < 1.29 is 24.1 Å². The third kappa shape index (κ3) is 4.26. The van der Waals surface area contributed by atoms with Crippen molar-refractivity contribution in [1.29, 1.82) is 0 Å². The van der Waals surface area contributed by atoms with Crippen LogP contribution >= 0.6 is 15.9 Å². The molecule has 0 aromatic heterocycles. The van der Waals surface area contributed by atoms with Gasteiger partial charge in [0, 0.05) is 0 Å². The van der Waals surface area contributed by atoms with Gasteiger partial charge in [-0.3, -0.25) is 4.79 Å². The third-order valence-electron chi connectivity index (χ3n) is 3.56. The van der Waals surface area contributed by atoms with Crippen LogP contribution in [0.3, 0.4) is 0 Å². The van der Waals surface area contributed by atoms with Gasteiger partial charge >= 0.3 is 0 Å². The van der Waals surface area contributed by atoms with E-state index in [1.165, 1.54) is 6.21 Å². The predicted octanol–water partition coefficient (Wildman–Crippen LogP) is 2.97. The van der Waals surface area contributed by atoms with Gasteiger partial charge in [0.1, 0.15) is 0 Å². The minimum Gasteiger partial charge on any atom is -0.503 e. The first-order chi connectivity index (χ1) is 12.6. The molecule has 7 nitrogen and oxygen atoms in total. The number of ether oxygens (including phenoxy) is 3. The molecule has 136 valence electrons. The van der Waals surface area contributed by atoms with Crippen LogP contribution in [0.15, 0.2) is 39.9 Å². The van der Waals surface area contributed by atoms with Crippen LogP contribution in [0.5, 0.6) is 23.0 Å². The van der Waals surface area contributed by atoms with Crippen LogP contribution in [0.4, 0.5) is 0 Å². The lowest BCUT2D eigenvalue weighted by molar-refractivity contribution is -0.120. The van der Waals surface area contributed by atoms with Gasteiger partial charge in [-0.25, -0.2) is 5.43 Å². The normalized spacial score (nSPS) is 12.4. The van der Waals surface area contributed by atoms with Gasteiger partial charge in [0.05, 0.1) is 23.7 Å². The molecule has 0 unspecified atom stereocenters. The summed E-state index contributed by atoms with van der Waals surface area (Å²) in [4.78, 5) is 12.0. The quantitative estimate of drug-likeness (QED) is 0.553. The Morgan fingerprint density at radius 1 is 1.35 bits per heavy atom. The highest BCUT2D eigenvalue weighted by molar-refractivity contribution is 9.10. The molecule has 2 N–H and O–H groups in total. The van der Waals surface area contributed by atoms with E-state index in [1.807, 2.05) is 13.0 Å². The molecule has 2 aromatic carbocycles. The highest BCUT2D eigenvalue weighted by Gasteiger charge is 2.14. The SMILES string of the molecule is CCOc1cc(/C=N\NC(=O)Cc2ccc3c(c2)OCO3)cc(Br)c1O. The molecule has 0 radical (unpaired) electrons. The second kappa shape index (κ2) is 8.09. The largest absolute Gasteiger partial charge is 0.503 e. The Labute approximate surface area is 158 Å². The summed E-state index contributed by atoms with van der Waals surface area (Å²) in [5.74, 6) is 1.42. The van der Waals surface area contributed by atoms with Crippen LogP contribution in [0.25, 0.3) is 0 Å². The smallest absolute Gasteiger partial charge is 0.244 e. The summed E-state index contributed by atoms with van der Waals surface area (Å²) in [7, 11) is 0. The first-order valence-corrected chi connectivity index (χ1v) is 8.72. The van der Waals surface area contributed by atoms with E-state index in [4.69, 9.17) is 14.2 Å². The zero-order valence-corrected chi connectivity index (χ0v) is 15.6. The number of amides is 1. The van der Waals surface area contributed by atoms with Crippen LogP contribution in [0, 0.1) is 0 Å². The number of carbonyl (C=O) groups excluding carboxylic acids is 1. The fourth-order valence-electron chi connectivity index (χ4n) is 2.39. The Hall–Kier alpha value is -2.74. The maximum absolute atomic E-state index is 12.0. The van der Waals surface area contributed by atoms with Crippen molar-refractivity contribution in [1.82, 2.24) is 5.43 Å². The summed E-state index contributed by atoms with van der Waals surface area (Å²) < 4.78 is 16.4. The molecule has 0 aliphatic carbocycles. The predicted molar refractivity (Wildman–Crippen MR) is 99.0 cm³/mol. The van der Waals surface area contributed by atoms with Crippen LogP contribution in [-0.4, -0.2) is 30.6 Å². The van der Waals surface area contributed by atoms with Crippen molar-refractivity contribution in [3.8, 4) is 23.0 Å². The van der Waals surface area contributed by atoms with Crippen molar-refractivity contribution in [2.24, 2.45) is 5.10 Å². The number of carbonyl (C=O) groups is 1. The molecular weight excluding hydrogens is 404 g/mol. The van der Waals surface area contributed by atoms with Gasteiger partial charge in [0.2, 0.25) is 12.7 Å². The summed E-state index contributed by atoms with van der Waals surface area (Å²) in [6.45, 7) is 2.44. The number of nitrogens with zero attached hydrogens (tertiary/aromatic N) is 1. The van der Waals surface area contributed by atoms with E-state index in [0.29, 0.717) is 33.9 Å². The number of benzene rings is 2. The maximum atomic E-state index is 12.0. The molecule has 8 heteroatoms. The number of aromatic hydroxyl groups is 1. The number of fused-ring (bicyclic) bond motifs is 1. The second-order valence-electron chi connectivity index (χ2n) is 5.44. The van der Waals surface area contributed by atoms with Gasteiger partial charge < -0.3 is 19.3 Å². The Kier molecular flexibility index (Phi) is 5.62. The Morgan fingerprint density at radius 3 is 2.96 bits per heavy atom. The number of hydrogen-bond donors (Lipinski definition) is 2. The molecule has 2 aromatic rings. The monoisotopic (exact) mass is 420 g/mol. The molecule has 0 bridgehead atoms. The van der Waals surface area contributed by atoms with E-state index in [-0.39, 0.29) is 24.9 Å². The van der Waals surface area contributed by atoms with E-state index < -0.39 is 0 Å². The Balaban J connectivity index is 1.60. The van der Waals surface area contributed by atoms with E-state index >= 15 is 0 Å². The summed E-state index contributed by atoms with van der Waals surface area (Å²) in [5, 5.41) is 13.8. The van der Waals surface area contributed by atoms with Gasteiger partial charge in [0.25, 0.3) is 0 Å². The minimum absolute atomic E-state index is 0.0239. The van der Waals surface area contributed by atoms with E-state index in [9.17, 15) is 9.90 Å². The summed E-state index contributed by atoms with van der Waals surface area (Å²) in [5.41, 5.74) is 3.94. The fraction of sp³-hybridized carbons (Fsp3) is 0.222. The van der Waals surface area contributed by atoms with Crippen molar-refractivity contribution in [2.75, 3.05) is 13.4 Å². The molecule has 0 atom stereocenters. The number of halogens is 1. The lowest BCUT2D eigenvalue weighted by Crippen LogP contribution is -2.19. The van der Waals surface area contributed by atoms with Crippen molar-refractivity contribution in [2.45, 2.75) is 13.3 Å². The van der Waals surface area contributed by atoms with Crippen LogP contribution in [-0.2, 0) is 11.2 Å². The van der Waals surface area contributed by atoms with Gasteiger partial charge in [-0.15, -0.1) is 0 Å². The molecule has 1 heterocycles. The molecule has 1 aliphatic heterocycles. The third-order valence-corrected chi connectivity index (χ3v) is 4.16. The zero-order chi connectivity index (χ0) is 18.5.